The molecule has 2 nitrogen and oxygen atoms in total. The molecule has 2 aromatic carbocycles. The molecule has 2 rings (SSSR count). The summed E-state index contributed by atoms with van der Waals surface area (Å²) in [5, 5.41) is 0. The van der Waals surface area contributed by atoms with E-state index < -0.39 is 0 Å². The van der Waals surface area contributed by atoms with Crippen LogP contribution in [0, 0.1) is 0 Å². The minimum Gasteiger partial charge on any atom is -0.494 e. The first-order valence-corrected chi connectivity index (χ1v) is 6.05. The van der Waals surface area contributed by atoms with Gasteiger partial charge in [0.2, 0.25) is 0 Å². The lowest BCUT2D eigenvalue weighted by Crippen LogP contribution is -1.94. The summed E-state index contributed by atoms with van der Waals surface area (Å²) in [6.45, 7) is 2.78. The van der Waals surface area contributed by atoms with Gasteiger partial charge in [0.25, 0.3) is 0 Å². The van der Waals surface area contributed by atoms with E-state index in [0.717, 1.165) is 25.1 Å². The number of carbonyl (C=O) groups is 1. The first kappa shape index (κ1) is 14.0. The summed E-state index contributed by atoms with van der Waals surface area (Å²) in [5.74, 6) is 0.822. The van der Waals surface area contributed by atoms with E-state index in [0.29, 0.717) is 5.56 Å². The number of aldehydes is 1. The van der Waals surface area contributed by atoms with Gasteiger partial charge in [-0.15, -0.1) is 0 Å². The summed E-state index contributed by atoms with van der Waals surface area (Å²) in [6, 6.07) is 19.1. The number of carbonyl (C=O) groups excluding carboxylic acids is 1. The third kappa shape index (κ3) is 5.85. The van der Waals surface area contributed by atoms with Crippen molar-refractivity contribution in [1.82, 2.24) is 0 Å². The van der Waals surface area contributed by atoms with Gasteiger partial charge in [-0.25, -0.2) is 0 Å². The second kappa shape index (κ2) is 8.99. The van der Waals surface area contributed by atoms with Gasteiger partial charge in [-0.3, -0.25) is 4.79 Å². The monoisotopic (exact) mass is 242 g/mol. The van der Waals surface area contributed by atoms with Crippen molar-refractivity contribution in [2.24, 2.45) is 0 Å². The molecule has 0 saturated heterocycles. The van der Waals surface area contributed by atoms with E-state index in [1.807, 2.05) is 36.4 Å². The van der Waals surface area contributed by atoms with Gasteiger partial charge in [-0.05, 0) is 30.7 Å². The Morgan fingerprint density at radius 3 is 1.83 bits per heavy atom. The maximum Gasteiger partial charge on any atom is 0.150 e. The molecule has 0 amide bonds. The number of rotatable bonds is 4. The van der Waals surface area contributed by atoms with Crippen LogP contribution in [0.3, 0.4) is 0 Å². The van der Waals surface area contributed by atoms with Gasteiger partial charge in [-0.1, -0.05) is 43.3 Å². The van der Waals surface area contributed by atoms with Crippen LogP contribution in [0.1, 0.15) is 23.7 Å². The molecule has 2 aromatic rings. The fourth-order valence-corrected chi connectivity index (χ4v) is 1.25. The molecule has 0 aromatic heterocycles. The molecular weight excluding hydrogens is 224 g/mol. The minimum atomic E-state index is 0.679. The van der Waals surface area contributed by atoms with E-state index in [-0.39, 0.29) is 0 Å². The topological polar surface area (TPSA) is 26.3 Å². The summed E-state index contributed by atoms with van der Waals surface area (Å²) in [6.07, 6.45) is 1.82. The Hall–Kier alpha value is -2.09. The number of benzene rings is 2. The Labute approximate surface area is 108 Å². The molecule has 0 aliphatic carbocycles. The maximum absolute atomic E-state index is 10.3. The van der Waals surface area contributed by atoms with Crippen LogP contribution in [0.15, 0.2) is 60.7 Å². The predicted molar refractivity (Wildman–Crippen MR) is 74.1 cm³/mol. The summed E-state index contributed by atoms with van der Waals surface area (Å²) < 4.78 is 5.34. The zero-order valence-corrected chi connectivity index (χ0v) is 10.6. The van der Waals surface area contributed by atoms with Crippen molar-refractivity contribution in [3.8, 4) is 5.75 Å². The van der Waals surface area contributed by atoms with Crippen molar-refractivity contribution >= 4 is 6.29 Å². The van der Waals surface area contributed by atoms with E-state index in [1.165, 1.54) is 0 Å². The summed E-state index contributed by atoms with van der Waals surface area (Å²) >= 11 is 0. The van der Waals surface area contributed by atoms with Crippen LogP contribution in [0.2, 0.25) is 0 Å². The molecule has 0 unspecified atom stereocenters. The van der Waals surface area contributed by atoms with Crippen LogP contribution in [-0.2, 0) is 0 Å². The second-order valence-corrected chi connectivity index (χ2v) is 3.69. The molecule has 94 valence electrons. The quantitative estimate of drug-likeness (QED) is 0.758. The zero-order valence-electron chi connectivity index (χ0n) is 10.6. The van der Waals surface area contributed by atoms with Crippen LogP contribution in [0.25, 0.3) is 0 Å². The van der Waals surface area contributed by atoms with Gasteiger partial charge in [0.05, 0.1) is 6.61 Å². The van der Waals surface area contributed by atoms with Crippen LogP contribution in [-0.4, -0.2) is 12.9 Å². The lowest BCUT2D eigenvalue weighted by Gasteiger charge is -2.02. The Kier molecular flexibility index (Phi) is 6.98. The zero-order chi connectivity index (χ0) is 13.1. The molecule has 0 spiro atoms. The van der Waals surface area contributed by atoms with Crippen LogP contribution >= 0.6 is 0 Å². The smallest absolute Gasteiger partial charge is 0.150 e. The first-order chi connectivity index (χ1) is 8.86. The molecule has 0 heterocycles. The molecule has 0 atom stereocenters. The largest absolute Gasteiger partial charge is 0.494 e. The van der Waals surface area contributed by atoms with Crippen molar-refractivity contribution in [3.63, 3.8) is 0 Å². The molecule has 0 bridgehead atoms. The van der Waals surface area contributed by atoms with Crippen LogP contribution in [0.4, 0.5) is 0 Å². The summed E-state index contributed by atoms with van der Waals surface area (Å²) in [7, 11) is 0. The number of ether oxygens (including phenoxy) is 1. The molecule has 0 fully saturated rings. The van der Waals surface area contributed by atoms with Crippen molar-refractivity contribution in [3.05, 3.63) is 66.2 Å². The SMILES string of the molecule is CCCOc1ccc(C=O)cc1.c1ccccc1. The standard InChI is InChI=1S/C10H12O2.C6H6/c1-2-7-12-10-5-3-9(8-11)4-6-10;1-2-4-6-5-3-1/h3-6,8H,2,7H2,1H3;1-6H. The molecular formula is C16H18O2. The third-order valence-corrected chi connectivity index (χ3v) is 2.16. The van der Waals surface area contributed by atoms with E-state index in [2.05, 4.69) is 6.92 Å². The van der Waals surface area contributed by atoms with E-state index in [1.54, 1.807) is 24.3 Å². The molecule has 0 aliphatic heterocycles. The molecule has 0 radical (unpaired) electrons. The predicted octanol–water partition coefficient (Wildman–Crippen LogP) is 3.97. The van der Waals surface area contributed by atoms with E-state index in [9.17, 15) is 4.79 Å². The summed E-state index contributed by atoms with van der Waals surface area (Å²) in [4.78, 5) is 10.3. The minimum absolute atomic E-state index is 0.679. The summed E-state index contributed by atoms with van der Waals surface area (Å²) in [5.41, 5.74) is 0.679. The van der Waals surface area contributed by atoms with Gasteiger partial charge in [0.1, 0.15) is 12.0 Å². The lowest BCUT2D eigenvalue weighted by atomic mass is 10.2. The normalized spacial score (nSPS) is 8.94. The average Bonchev–Trinajstić information content (AvgIpc) is 2.48. The van der Waals surface area contributed by atoms with Gasteiger partial charge >= 0.3 is 0 Å². The lowest BCUT2D eigenvalue weighted by molar-refractivity contribution is 0.112. The maximum atomic E-state index is 10.3. The second-order valence-electron chi connectivity index (χ2n) is 3.69. The highest BCUT2D eigenvalue weighted by Gasteiger charge is 1.92. The van der Waals surface area contributed by atoms with Crippen molar-refractivity contribution in [1.29, 1.82) is 0 Å². The molecule has 0 aliphatic rings. The van der Waals surface area contributed by atoms with Gasteiger partial charge in [0.15, 0.2) is 0 Å². The molecule has 18 heavy (non-hydrogen) atoms. The Morgan fingerprint density at radius 1 is 0.944 bits per heavy atom. The van der Waals surface area contributed by atoms with Gasteiger partial charge in [-0.2, -0.15) is 0 Å². The van der Waals surface area contributed by atoms with E-state index in [4.69, 9.17) is 4.74 Å². The van der Waals surface area contributed by atoms with Gasteiger partial charge < -0.3 is 4.74 Å². The Morgan fingerprint density at radius 2 is 1.44 bits per heavy atom. The molecule has 2 heteroatoms. The van der Waals surface area contributed by atoms with Crippen LogP contribution < -0.4 is 4.74 Å². The molecule has 0 saturated carbocycles. The van der Waals surface area contributed by atoms with Crippen molar-refractivity contribution in [2.75, 3.05) is 6.61 Å². The highest BCUT2D eigenvalue weighted by molar-refractivity contribution is 5.74. The van der Waals surface area contributed by atoms with Crippen LogP contribution in [0.5, 0.6) is 5.75 Å². The molecule has 0 N–H and O–H groups in total. The Balaban J connectivity index is 0.000000225. The highest BCUT2D eigenvalue weighted by Crippen LogP contribution is 2.10. The van der Waals surface area contributed by atoms with E-state index >= 15 is 0 Å². The number of hydrogen-bond donors (Lipinski definition) is 0. The third-order valence-electron chi connectivity index (χ3n) is 2.16. The fraction of sp³-hybridized carbons (Fsp3) is 0.188. The number of hydrogen-bond acceptors (Lipinski definition) is 2. The average molecular weight is 242 g/mol. The first-order valence-electron chi connectivity index (χ1n) is 6.05. The van der Waals surface area contributed by atoms with Crippen molar-refractivity contribution < 1.29 is 9.53 Å². The Bertz CT molecular complexity index is 394. The highest BCUT2D eigenvalue weighted by atomic mass is 16.5. The van der Waals surface area contributed by atoms with Gasteiger partial charge in [0, 0.05) is 5.56 Å². The van der Waals surface area contributed by atoms with Crippen molar-refractivity contribution in [2.45, 2.75) is 13.3 Å². The fourth-order valence-electron chi connectivity index (χ4n) is 1.25.